The smallest absolute Gasteiger partial charge is 0.123 e. The highest BCUT2D eigenvalue weighted by atomic mass is 19.1. The summed E-state index contributed by atoms with van der Waals surface area (Å²) in [6.07, 6.45) is 0.658. The van der Waals surface area contributed by atoms with Gasteiger partial charge in [0.25, 0.3) is 0 Å². The maximum atomic E-state index is 12.9. The Morgan fingerprint density at radius 1 is 1.53 bits per heavy atom. The Kier molecular flexibility index (Phi) is 3.03. The molecule has 1 aliphatic heterocycles. The molecule has 0 amide bonds. The Bertz CT molecular complexity index is 353. The maximum Gasteiger partial charge on any atom is 0.123 e. The predicted molar refractivity (Wildman–Crippen MR) is 57.0 cm³/mol. The van der Waals surface area contributed by atoms with Crippen molar-refractivity contribution in [2.75, 3.05) is 13.1 Å². The summed E-state index contributed by atoms with van der Waals surface area (Å²) in [5, 5.41) is 9.39. The molecule has 0 bridgehead atoms. The van der Waals surface area contributed by atoms with E-state index in [4.69, 9.17) is 0 Å². The number of aliphatic hydroxyl groups is 1. The van der Waals surface area contributed by atoms with Gasteiger partial charge in [-0.3, -0.25) is 4.90 Å². The van der Waals surface area contributed by atoms with Crippen LogP contribution in [0.2, 0.25) is 0 Å². The van der Waals surface area contributed by atoms with E-state index in [1.54, 1.807) is 6.07 Å². The van der Waals surface area contributed by atoms with Crippen LogP contribution in [0, 0.1) is 12.7 Å². The van der Waals surface area contributed by atoms with Crippen LogP contribution in [0.1, 0.15) is 17.5 Å². The average molecular weight is 209 g/mol. The molecular formula is C12H16FNO. The first-order valence-electron chi connectivity index (χ1n) is 5.30. The number of rotatable bonds is 2. The van der Waals surface area contributed by atoms with Crippen molar-refractivity contribution in [2.24, 2.45) is 0 Å². The molecule has 1 aliphatic rings. The zero-order valence-corrected chi connectivity index (χ0v) is 8.91. The summed E-state index contributed by atoms with van der Waals surface area (Å²) in [6, 6.07) is 4.88. The number of benzene rings is 1. The monoisotopic (exact) mass is 209 g/mol. The van der Waals surface area contributed by atoms with E-state index in [1.165, 1.54) is 6.07 Å². The maximum absolute atomic E-state index is 12.9. The summed E-state index contributed by atoms with van der Waals surface area (Å²) in [6.45, 7) is 4.39. The van der Waals surface area contributed by atoms with Crippen LogP contribution in [0.25, 0.3) is 0 Å². The van der Waals surface area contributed by atoms with Crippen LogP contribution < -0.4 is 0 Å². The van der Waals surface area contributed by atoms with Crippen molar-refractivity contribution in [2.45, 2.75) is 26.0 Å². The van der Waals surface area contributed by atoms with Crippen LogP contribution in [0.4, 0.5) is 4.39 Å². The zero-order chi connectivity index (χ0) is 10.8. The third-order valence-electron chi connectivity index (χ3n) is 2.95. The van der Waals surface area contributed by atoms with Crippen LogP contribution in [0.15, 0.2) is 18.2 Å². The highest BCUT2D eigenvalue weighted by Crippen LogP contribution is 2.16. The molecule has 1 N–H and O–H groups in total. The third-order valence-corrected chi connectivity index (χ3v) is 2.95. The summed E-state index contributed by atoms with van der Waals surface area (Å²) >= 11 is 0. The van der Waals surface area contributed by atoms with Gasteiger partial charge < -0.3 is 5.11 Å². The first-order chi connectivity index (χ1) is 7.15. The molecule has 1 heterocycles. The number of hydrogen-bond acceptors (Lipinski definition) is 2. The van der Waals surface area contributed by atoms with Gasteiger partial charge in [0.2, 0.25) is 0 Å². The number of likely N-dealkylation sites (tertiary alicyclic amines) is 1. The van der Waals surface area contributed by atoms with Crippen molar-refractivity contribution in [3.8, 4) is 0 Å². The third kappa shape index (κ3) is 2.55. The van der Waals surface area contributed by atoms with Crippen molar-refractivity contribution < 1.29 is 9.50 Å². The van der Waals surface area contributed by atoms with E-state index in [2.05, 4.69) is 4.90 Å². The van der Waals surface area contributed by atoms with E-state index in [0.29, 0.717) is 0 Å². The Hall–Kier alpha value is -0.930. The fraction of sp³-hybridized carbons (Fsp3) is 0.500. The molecule has 2 rings (SSSR count). The number of hydrogen-bond donors (Lipinski definition) is 1. The largest absolute Gasteiger partial charge is 0.392 e. The van der Waals surface area contributed by atoms with Crippen molar-refractivity contribution in [1.82, 2.24) is 4.90 Å². The van der Waals surface area contributed by atoms with Gasteiger partial charge in [-0.05, 0) is 36.6 Å². The quantitative estimate of drug-likeness (QED) is 0.801. The predicted octanol–water partition coefficient (Wildman–Crippen LogP) is 1.70. The number of β-amino-alcohol motifs (C(OH)–C–C–N with tert-alkyl or cyclic N) is 1. The van der Waals surface area contributed by atoms with Crippen LogP contribution in [-0.2, 0) is 6.54 Å². The molecule has 1 aromatic rings. The van der Waals surface area contributed by atoms with Gasteiger partial charge in [0.15, 0.2) is 0 Å². The second kappa shape index (κ2) is 4.29. The number of halogens is 1. The molecule has 0 aliphatic carbocycles. The van der Waals surface area contributed by atoms with Gasteiger partial charge in [0, 0.05) is 19.6 Å². The molecule has 1 saturated heterocycles. The minimum Gasteiger partial charge on any atom is -0.392 e. The first kappa shape index (κ1) is 10.6. The van der Waals surface area contributed by atoms with Crippen LogP contribution in [-0.4, -0.2) is 29.2 Å². The van der Waals surface area contributed by atoms with Crippen LogP contribution in [0.5, 0.6) is 0 Å². The van der Waals surface area contributed by atoms with Gasteiger partial charge in [0.05, 0.1) is 6.10 Å². The second-order valence-corrected chi connectivity index (χ2v) is 4.25. The van der Waals surface area contributed by atoms with Gasteiger partial charge in [0.1, 0.15) is 5.82 Å². The van der Waals surface area contributed by atoms with Gasteiger partial charge in [-0.15, -0.1) is 0 Å². The number of aryl methyl sites for hydroxylation is 1. The zero-order valence-electron chi connectivity index (χ0n) is 8.91. The van der Waals surface area contributed by atoms with E-state index >= 15 is 0 Å². The molecule has 0 aromatic heterocycles. The lowest BCUT2D eigenvalue weighted by Gasteiger charge is -2.16. The molecule has 1 aromatic carbocycles. The van der Waals surface area contributed by atoms with Crippen LogP contribution in [0.3, 0.4) is 0 Å². The van der Waals surface area contributed by atoms with Gasteiger partial charge in [-0.1, -0.05) is 6.07 Å². The van der Waals surface area contributed by atoms with E-state index in [0.717, 1.165) is 37.2 Å². The fourth-order valence-corrected chi connectivity index (χ4v) is 2.03. The SMILES string of the molecule is Cc1cc(F)ccc1CN1CC[C@@H](O)C1. The summed E-state index contributed by atoms with van der Waals surface area (Å²) in [4.78, 5) is 2.20. The minimum absolute atomic E-state index is 0.183. The summed E-state index contributed by atoms with van der Waals surface area (Å²) < 4.78 is 12.9. The summed E-state index contributed by atoms with van der Waals surface area (Å²) in [7, 11) is 0. The molecule has 2 nitrogen and oxygen atoms in total. The molecule has 82 valence electrons. The average Bonchev–Trinajstić information content (AvgIpc) is 2.56. The first-order valence-corrected chi connectivity index (χ1v) is 5.30. The van der Waals surface area contributed by atoms with E-state index in [9.17, 15) is 9.50 Å². The Morgan fingerprint density at radius 3 is 2.93 bits per heavy atom. The van der Waals surface area contributed by atoms with Crippen molar-refractivity contribution in [3.05, 3.63) is 35.1 Å². The molecule has 1 fully saturated rings. The standard InChI is InChI=1S/C12H16FNO/c1-9-6-11(13)3-2-10(9)7-14-5-4-12(15)8-14/h2-3,6,12,15H,4-5,7-8H2,1H3/t12-/m1/s1. The molecule has 3 heteroatoms. The van der Waals surface area contributed by atoms with Crippen molar-refractivity contribution in [1.29, 1.82) is 0 Å². The lowest BCUT2D eigenvalue weighted by molar-refractivity contribution is 0.174. The van der Waals surface area contributed by atoms with Gasteiger partial charge in [-0.25, -0.2) is 4.39 Å². The fourth-order valence-electron chi connectivity index (χ4n) is 2.03. The number of nitrogens with zero attached hydrogens (tertiary/aromatic N) is 1. The lowest BCUT2D eigenvalue weighted by atomic mass is 10.1. The Balaban J connectivity index is 2.04. The molecule has 0 spiro atoms. The highest BCUT2D eigenvalue weighted by molar-refractivity contribution is 5.26. The van der Waals surface area contributed by atoms with Crippen molar-refractivity contribution >= 4 is 0 Å². The second-order valence-electron chi connectivity index (χ2n) is 4.25. The molecule has 0 radical (unpaired) electrons. The normalized spacial score (nSPS) is 22.2. The minimum atomic E-state index is -0.189. The van der Waals surface area contributed by atoms with Gasteiger partial charge >= 0.3 is 0 Å². The molecule has 1 atom stereocenters. The molecule has 15 heavy (non-hydrogen) atoms. The lowest BCUT2D eigenvalue weighted by Crippen LogP contribution is -2.21. The highest BCUT2D eigenvalue weighted by Gasteiger charge is 2.20. The molecule has 0 unspecified atom stereocenters. The van der Waals surface area contributed by atoms with Crippen LogP contribution >= 0.6 is 0 Å². The van der Waals surface area contributed by atoms with E-state index in [-0.39, 0.29) is 11.9 Å². The Morgan fingerprint density at radius 2 is 2.33 bits per heavy atom. The van der Waals surface area contributed by atoms with Gasteiger partial charge in [-0.2, -0.15) is 0 Å². The summed E-state index contributed by atoms with van der Waals surface area (Å²) in [5.74, 6) is -0.183. The van der Waals surface area contributed by atoms with E-state index in [1.807, 2.05) is 13.0 Å². The van der Waals surface area contributed by atoms with Crippen molar-refractivity contribution in [3.63, 3.8) is 0 Å². The number of aliphatic hydroxyl groups excluding tert-OH is 1. The Labute approximate surface area is 89.3 Å². The summed E-state index contributed by atoms with van der Waals surface area (Å²) in [5.41, 5.74) is 2.13. The van der Waals surface area contributed by atoms with E-state index < -0.39 is 0 Å². The topological polar surface area (TPSA) is 23.5 Å². The molecule has 0 saturated carbocycles. The molecular weight excluding hydrogens is 193 g/mol.